The highest BCUT2D eigenvalue weighted by Gasteiger charge is 2.53. The van der Waals surface area contributed by atoms with E-state index in [4.69, 9.17) is 4.74 Å². The summed E-state index contributed by atoms with van der Waals surface area (Å²) in [6.45, 7) is 2.01. The maximum absolute atomic E-state index is 12.5. The van der Waals surface area contributed by atoms with Crippen LogP contribution in [0.2, 0.25) is 0 Å². The zero-order valence-corrected chi connectivity index (χ0v) is 19.4. The van der Waals surface area contributed by atoms with Gasteiger partial charge in [-0.05, 0) is 63.4 Å². The van der Waals surface area contributed by atoms with Gasteiger partial charge in [-0.2, -0.15) is 0 Å². The Morgan fingerprint density at radius 1 is 1.03 bits per heavy atom. The SMILES string of the molecule is O=C(NC1CC1)N[C@@H](CCN1[C@H]2CC[C@H]1CC1(C2)CN(C2CC2)C(=O)CO1)c1ccccc1. The first-order valence-electron chi connectivity index (χ1n) is 12.9. The van der Waals surface area contributed by atoms with Gasteiger partial charge in [0.05, 0.1) is 18.2 Å². The molecule has 7 nitrogen and oxygen atoms in total. The summed E-state index contributed by atoms with van der Waals surface area (Å²) in [7, 11) is 0. The number of fused-ring (bicyclic) bond motifs is 2. The lowest BCUT2D eigenvalue weighted by atomic mass is 9.84. The molecule has 1 aromatic carbocycles. The number of nitrogens with zero attached hydrogens (tertiary/aromatic N) is 2. The minimum absolute atomic E-state index is 0.00847. The third kappa shape index (κ3) is 4.62. The van der Waals surface area contributed by atoms with Crippen LogP contribution in [0.3, 0.4) is 0 Å². The molecule has 2 aliphatic carbocycles. The molecule has 7 heteroatoms. The summed E-state index contributed by atoms with van der Waals surface area (Å²) in [5.74, 6) is 0.180. The van der Waals surface area contributed by atoms with Crippen molar-refractivity contribution in [2.45, 2.75) is 93.6 Å². The summed E-state index contributed by atoms with van der Waals surface area (Å²) < 4.78 is 6.26. The number of amides is 3. The monoisotopic (exact) mass is 452 g/mol. The van der Waals surface area contributed by atoms with Crippen LogP contribution in [0, 0.1) is 0 Å². The number of nitrogens with one attached hydrogen (secondary N) is 2. The lowest BCUT2D eigenvalue weighted by Gasteiger charge is -2.50. The molecular weight excluding hydrogens is 416 g/mol. The van der Waals surface area contributed by atoms with Gasteiger partial charge in [-0.15, -0.1) is 0 Å². The highest BCUT2D eigenvalue weighted by molar-refractivity contribution is 5.79. The molecule has 3 amide bonds. The average Bonchev–Trinajstić information content (AvgIpc) is 3.73. The quantitative estimate of drug-likeness (QED) is 0.667. The Morgan fingerprint density at radius 2 is 1.73 bits per heavy atom. The van der Waals surface area contributed by atoms with Crippen LogP contribution in [-0.2, 0) is 9.53 Å². The van der Waals surface area contributed by atoms with Crippen LogP contribution in [0.15, 0.2) is 30.3 Å². The number of hydrogen-bond acceptors (Lipinski definition) is 4. The molecule has 5 aliphatic rings. The summed E-state index contributed by atoms with van der Waals surface area (Å²) in [6, 6.07) is 12.1. The van der Waals surface area contributed by atoms with Crippen LogP contribution in [0.1, 0.15) is 69.4 Å². The van der Waals surface area contributed by atoms with E-state index in [0.717, 1.165) is 58.0 Å². The van der Waals surface area contributed by atoms with Crippen molar-refractivity contribution in [2.24, 2.45) is 0 Å². The second kappa shape index (κ2) is 8.58. The van der Waals surface area contributed by atoms with Gasteiger partial charge in [-0.25, -0.2) is 4.79 Å². The van der Waals surface area contributed by atoms with Gasteiger partial charge >= 0.3 is 6.03 Å². The van der Waals surface area contributed by atoms with Crippen molar-refractivity contribution in [3.8, 4) is 0 Å². The van der Waals surface area contributed by atoms with Gasteiger partial charge < -0.3 is 20.3 Å². The van der Waals surface area contributed by atoms with E-state index in [-0.39, 0.29) is 30.2 Å². The number of hydrogen-bond donors (Lipinski definition) is 2. The fraction of sp³-hybridized carbons (Fsp3) is 0.692. The van der Waals surface area contributed by atoms with E-state index in [0.29, 0.717) is 24.2 Å². The number of ether oxygens (including phenoxy) is 1. The molecule has 0 unspecified atom stereocenters. The summed E-state index contributed by atoms with van der Waals surface area (Å²) in [5, 5.41) is 6.31. The Hall–Kier alpha value is -2.12. The molecule has 2 saturated carbocycles. The number of piperidine rings is 1. The fourth-order valence-electron chi connectivity index (χ4n) is 6.37. The lowest BCUT2D eigenvalue weighted by molar-refractivity contribution is -0.177. The molecule has 33 heavy (non-hydrogen) atoms. The normalized spacial score (nSPS) is 32.7. The number of rotatable bonds is 7. The van der Waals surface area contributed by atoms with Crippen molar-refractivity contribution >= 4 is 11.9 Å². The van der Waals surface area contributed by atoms with Crippen LogP contribution in [0.4, 0.5) is 4.79 Å². The average molecular weight is 453 g/mol. The van der Waals surface area contributed by atoms with Crippen molar-refractivity contribution < 1.29 is 14.3 Å². The second-order valence-corrected chi connectivity index (χ2v) is 10.9. The van der Waals surface area contributed by atoms with Crippen molar-refractivity contribution in [1.29, 1.82) is 0 Å². The Bertz CT molecular complexity index is 871. The molecule has 1 spiro atoms. The molecule has 6 rings (SSSR count). The van der Waals surface area contributed by atoms with Gasteiger partial charge in [0, 0.05) is 30.7 Å². The fourth-order valence-corrected chi connectivity index (χ4v) is 6.37. The van der Waals surface area contributed by atoms with Crippen molar-refractivity contribution in [1.82, 2.24) is 20.4 Å². The molecule has 2 N–H and O–H groups in total. The molecule has 3 heterocycles. The number of morpholine rings is 1. The third-order valence-electron chi connectivity index (χ3n) is 8.35. The van der Waals surface area contributed by atoms with E-state index in [1.54, 1.807) is 0 Å². The topological polar surface area (TPSA) is 73.9 Å². The molecule has 3 saturated heterocycles. The van der Waals surface area contributed by atoms with Gasteiger partial charge in [-0.1, -0.05) is 30.3 Å². The van der Waals surface area contributed by atoms with Crippen molar-refractivity contribution in [3.05, 3.63) is 35.9 Å². The van der Waals surface area contributed by atoms with Crippen LogP contribution in [0.5, 0.6) is 0 Å². The molecule has 3 aliphatic heterocycles. The molecule has 3 atom stereocenters. The molecule has 1 aromatic rings. The Balaban J connectivity index is 1.10. The molecule has 178 valence electrons. The number of benzene rings is 1. The summed E-state index contributed by atoms with van der Waals surface area (Å²) in [6.07, 6.45) is 9.85. The van der Waals surface area contributed by atoms with Crippen LogP contribution < -0.4 is 10.6 Å². The first-order valence-corrected chi connectivity index (χ1v) is 12.9. The predicted molar refractivity (Wildman–Crippen MR) is 125 cm³/mol. The smallest absolute Gasteiger partial charge is 0.315 e. The molecule has 0 aromatic heterocycles. The minimum atomic E-state index is -0.153. The van der Waals surface area contributed by atoms with Crippen LogP contribution in [-0.4, -0.2) is 71.2 Å². The maximum atomic E-state index is 12.5. The van der Waals surface area contributed by atoms with E-state index in [1.165, 1.54) is 18.4 Å². The molecule has 0 radical (unpaired) electrons. The second-order valence-electron chi connectivity index (χ2n) is 10.9. The Kier molecular flexibility index (Phi) is 5.57. The third-order valence-corrected chi connectivity index (χ3v) is 8.35. The Labute approximate surface area is 196 Å². The first-order chi connectivity index (χ1) is 16.1. The van der Waals surface area contributed by atoms with E-state index in [1.807, 2.05) is 18.2 Å². The summed E-state index contributed by atoms with van der Waals surface area (Å²) in [5.41, 5.74) is 1.01. The molecule has 2 bridgehead atoms. The maximum Gasteiger partial charge on any atom is 0.315 e. The first kappa shape index (κ1) is 21.4. The highest BCUT2D eigenvalue weighted by Crippen LogP contribution is 2.45. The highest BCUT2D eigenvalue weighted by atomic mass is 16.5. The Morgan fingerprint density at radius 3 is 2.39 bits per heavy atom. The van der Waals surface area contributed by atoms with E-state index < -0.39 is 0 Å². The number of carbonyl (C=O) groups excluding carboxylic acids is 2. The zero-order chi connectivity index (χ0) is 22.4. The van der Waals surface area contributed by atoms with Crippen molar-refractivity contribution in [3.63, 3.8) is 0 Å². The van der Waals surface area contributed by atoms with Crippen molar-refractivity contribution in [2.75, 3.05) is 19.7 Å². The van der Waals surface area contributed by atoms with Gasteiger partial charge in [0.1, 0.15) is 6.61 Å². The number of carbonyl (C=O) groups is 2. The van der Waals surface area contributed by atoms with Gasteiger partial charge in [0.2, 0.25) is 5.91 Å². The predicted octanol–water partition coefficient (Wildman–Crippen LogP) is 2.97. The summed E-state index contributed by atoms with van der Waals surface area (Å²) in [4.78, 5) is 29.7. The van der Waals surface area contributed by atoms with Crippen LogP contribution in [0.25, 0.3) is 0 Å². The standard InChI is InChI=1S/C26H36N4O3/c31-24-16-33-26(17-30(24)20-8-9-20)14-21-10-11-22(15-26)29(21)13-12-23(18-4-2-1-3-5-18)28-25(32)27-19-6-7-19/h1-5,19-23H,6-17H2,(H2,27,28,32)/t21-,22-,23-/m0/s1. The lowest BCUT2D eigenvalue weighted by Crippen LogP contribution is -2.61. The number of urea groups is 1. The summed E-state index contributed by atoms with van der Waals surface area (Å²) >= 11 is 0. The molecular formula is C26H36N4O3. The molecule has 5 fully saturated rings. The van der Waals surface area contributed by atoms with Crippen LogP contribution >= 0.6 is 0 Å². The van der Waals surface area contributed by atoms with Gasteiger partial charge in [-0.3, -0.25) is 9.69 Å². The van der Waals surface area contributed by atoms with E-state index in [9.17, 15) is 9.59 Å². The van der Waals surface area contributed by atoms with Gasteiger partial charge in [0.25, 0.3) is 0 Å². The van der Waals surface area contributed by atoms with E-state index >= 15 is 0 Å². The van der Waals surface area contributed by atoms with E-state index in [2.05, 4.69) is 32.6 Å². The van der Waals surface area contributed by atoms with Gasteiger partial charge in [0.15, 0.2) is 0 Å². The zero-order valence-electron chi connectivity index (χ0n) is 19.4. The minimum Gasteiger partial charge on any atom is -0.363 e. The largest absolute Gasteiger partial charge is 0.363 e.